The van der Waals surface area contributed by atoms with Crippen LogP contribution >= 0.6 is 0 Å². The van der Waals surface area contributed by atoms with Gasteiger partial charge in [0, 0.05) is 49.1 Å². The Bertz CT molecular complexity index is 867. The predicted molar refractivity (Wildman–Crippen MR) is 102 cm³/mol. The van der Waals surface area contributed by atoms with Crippen molar-refractivity contribution in [2.24, 2.45) is 5.92 Å². The van der Waals surface area contributed by atoms with E-state index in [1.807, 2.05) is 6.20 Å². The van der Waals surface area contributed by atoms with E-state index in [1.54, 1.807) is 0 Å². The fourth-order valence-electron chi connectivity index (χ4n) is 3.96. The molecule has 1 amide bonds. The third-order valence-corrected chi connectivity index (χ3v) is 5.62. The molecule has 0 saturated carbocycles. The van der Waals surface area contributed by atoms with Crippen molar-refractivity contribution in [1.82, 2.24) is 15.3 Å². The van der Waals surface area contributed by atoms with Gasteiger partial charge in [-0.25, -0.2) is 18.7 Å². The number of hydrogen-bond donors (Lipinski definition) is 1. The van der Waals surface area contributed by atoms with Crippen molar-refractivity contribution in [3.05, 3.63) is 52.9 Å². The first-order valence-corrected chi connectivity index (χ1v) is 9.91. The molecule has 1 fully saturated rings. The number of aryl methyl sites for hydroxylation is 1. The second-order valence-corrected chi connectivity index (χ2v) is 7.58. The van der Waals surface area contributed by atoms with Gasteiger partial charge in [-0.2, -0.15) is 0 Å². The molecule has 1 saturated heterocycles. The molecule has 1 atom stereocenters. The molecule has 1 aromatic heterocycles. The maximum absolute atomic E-state index is 13.7. The highest BCUT2D eigenvalue weighted by Gasteiger charge is 2.27. The van der Waals surface area contributed by atoms with Crippen molar-refractivity contribution in [1.29, 1.82) is 0 Å². The number of rotatable bonds is 4. The molecule has 1 N–H and O–H groups in total. The number of anilines is 1. The van der Waals surface area contributed by atoms with E-state index in [9.17, 15) is 13.6 Å². The lowest BCUT2D eigenvalue weighted by molar-refractivity contribution is -0.125. The van der Waals surface area contributed by atoms with Gasteiger partial charge < -0.3 is 10.2 Å². The number of carbonyl (C=O) groups is 1. The molecule has 7 heteroatoms. The van der Waals surface area contributed by atoms with Crippen molar-refractivity contribution in [3.63, 3.8) is 0 Å². The zero-order chi connectivity index (χ0) is 19.5. The zero-order valence-corrected chi connectivity index (χ0v) is 15.8. The molecular weight excluding hydrogens is 362 g/mol. The van der Waals surface area contributed by atoms with Crippen LogP contribution in [0.3, 0.4) is 0 Å². The first-order chi connectivity index (χ1) is 13.6. The van der Waals surface area contributed by atoms with E-state index in [0.29, 0.717) is 12.8 Å². The average Bonchev–Trinajstić information content (AvgIpc) is 2.73. The standard InChI is InChI=1S/C21H24F2N4O/c22-17-6-4-15(18(23)11-17)12-24-20(28)14-5-7-19-16(10-14)13-25-21(26-19)27-8-2-1-3-9-27/h4,6,11,13-14H,1-3,5,7-10,12H2,(H,24,28)/t14-/m0/s1. The van der Waals surface area contributed by atoms with Crippen molar-refractivity contribution in [2.45, 2.75) is 45.1 Å². The summed E-state index contributed by atoms with van der Waals surface area (Å²) in [6.45, 7) is 2.06. The molecule has 1 aliphatic heterocycles. The van der Waals surface area contributed by atoms with E-state index in [1.165, 1.54) is 31.4 Å². The van der Waals surface area contributed by atoms with E-state index in [-0.39, 0.29) is 23.9 Å². The molecule has 2 aliphatic rings. The molecule has 0 bridgehead atoms. The summed E-state index contributed by atoms with van der Waals surface area (Å²) in [7, 11) is 0. The van der Waals surface area contributed by atoms with Crippen molar-refractivity contribution < 1.29 is 13.6 Å². The Labute approximate surface area is 163 Å². The lowest BCUT2D eigenvalue weighted by Crippen LogP contribution is -2.35. The summed E-state index contributed by atoms with van der Waals surface area (Å²) in [6, 6.07) is 3.38. The molecule has 5 nitrogen and oxygen atoms in total. The van der Waals surface area contributed by atoms with Gasteiger partial charge >= 0.3 is 0 Å². The van der Waals surface area contributed by atoms with E-state index in [2.05, 4.69) is 15.2 Å². The number of nitrogens with one attached hydrogen (secondary N) is 1. The maximum atomic E-state index is 13.7. The minimum absolute atomic E-state index is 0.0543. The monoisotopic (exact) mass is 386 g/mol. The molecule has 148 valence electrons. The molecule has 1 aromatic carbocycles. The molecule has 2 heterocycles. The summed E-state index contributed by atoms with van der Waals surface area (Å²) in [6.07, 6.45) is 7.51. The summed E-state index contributed by atoms with van der Waals surface area (Å²) in [5, 5.41) is 2.77. The van der Waals surface area contributed by atoms with Crippen LogP contribution in [0.5, 0.6) is 0 Å². The number of aromatic nitrogens is 2. The number of fused-ring (bicyclic) bond motifs is 1. The first kappa shape index (κ1) is 18.8. The van der Waals surface area contributed by atoms with Crippen LogP contribution in [0.25, 0.3) is 0 Å². The Hall–Kier alpha value is -2.57. The number of nitrogens with zero attached hydrogens (tertiary/aromatic N) is 3. The first-order valence-electron chi connectivity index (χ1n) is 9.91. The summed E-state index contributed by atoms with van der Waals surface area (Å²) < 4.78 is 26.7. The number of benzene rings is 1. The van der Waals surface area contributed by atoms with Gasteiger partial charge in [0.25, 0.3) is 0 Å². The third kappa shape index (κ3) is 4.13. The Morgan fingerprint density at radius 1 is 1.21 bits per heavy atom. The molecule has 28 heavy (non-hydrogen) atoms. The second kappa shape index (κ2) is 8.20. The SMILES string of the molecule is O=C(NCc1ccc(F)cc1F)[C@H]1CCc2nc(N3CCCCC3)ncc2C1. The second-order valence-electron chi connectivity index (χ2n) is 7.58. The highest BCUT2D eigenvalue weighted by Crippen LogP contribution is 2.26. The molecule has 4 rings (SSSR count). The van der Waals surface area contributed by atoms with Crippen molar-refractivity contribution >= 4 is 11.9 Å². The van der Waals surface area contributed by atoms with Crippen molar-refractivity contribution in [2.75, 3.05) is 18.0 Å². The van der Waals surface area contributed by atoms with E-state index < -0.39 is 11.6 Å². The van der Waals surface area contributed by atoms with Gasteiger partial charge in [0.05, 0.1) is 0 Å². The van der Waals surface area contributed by atoms with Crippen LogP contribution in [-0.4, -0.2) is 29.0 Å². The average molecular weight is 386 g/mol. The number of piperidine rings is 1. The van der Waals surface area contributed by atoms with E-state index in [0.717, 1.165) is 42.8 Å². The Kier molecular flexibility index (Phi) is 5.50. The third-order valence-electron chi connectivity index (χ3n) is 5.62. The molecular formula is C21H24F2N4O. The minimum atomic E-state index is -0.645. The molecule has 0 unspecified atom stereocenters. The van der Waals surface area contributed by atoms with E-state index in [4.69, 9.17) is 4.98 Å². The largest absolute Gasteiger partial charge is 0.352 e. The van der Waals surface area contributed by atoms with Crippen LogP contribution in [0.15, 0.2) is 24.4 Å². The number of halogens is 2. The minimum Gasteiger partial charge on any atom is -0.352 e. The quantitative estimate of drug-likeness (QED) is 0.877. The predicted octanol–water partition coefficient (Wildman–Crippen LogP) is 3.17. The highest BCUT2D eigenvalue weighted by atomic mass is 19.1. The maximum Gasteiger partial charge on any atom is 0.225 e. The van der Waals surface area contributed by atoms with Crippen LogP contribution in [0.1, 0.15) is 42.5 Å². The highest BCUT2D eigenvalue weighted by molar-refractivity contribution is 5.79. The van der Waals surface area contributed by atoms with E-state index >= 15 is 0 Å². The van der Waals surface area contributed by atoms with Gasteiger partial charge in [0.1, 0.15) is 11.6 Å². The topological polar surface area (TPSA) is 58.1 Å². The lowest BCUT2D eigenvalue weighted by atomic mass is 9.86. The van der Waals surface area contributed by atoms with Gasteiger partial charge in [-0.15, -0.1) is 0 Å². The van der Waals surface area contributed by atoms with Crippen LogP contribution in [-0.2, 0) is 24.2 Å². The van der Waals surface area contributed by atoms with Crippen LogP contribution < -0.4 is 10.2 Å². The molecule has 2 aromatic rings. The van der Waals surface area contributed by atoms with Crippen molar-refractivity contribution in [3.8, 4) is 0 Å². The van der Waals surface area contributed by atoms with Gasteiger partial charge in [0.2, 0.25) is 11.9 Å². The summed E-state index contributed by atoms with van der Waals surface area (Å²) in [4.78, 5) is 24.0. The normalized spacial score (nSPS) is 19.2. The van der Waals surface area contributed by atoms with Crippen LogP contribution in [0.2, 0.25) is 0 Å². The smallest absolute Gasteiger partial charge is 0.225 e. The Balaban J connectivity index is 1.37. The van der Waals surface area contributed by atoms with Crippen LogP contribution in [0, 0.1) is 17.6 Å². The Morgan fingerprint density at radius 2 is 2.04 bits per heavy atom. The summed E-state index contributed by atoms with van der Waals surface area (Å²) in [5.74, 6) is -0.767. The zero-order valence-electron chi connectivity index (χ0n) is 15.8. The molecule has 0 radical (unpaired) electrons. The van der Waals surface area contributed by atoms with Gasteiger partial charge in [-0.1, -0.05) is 6.07 Å². The summed E-state index contributed by atoms with van der Waals surface area (Å²) >= 11 is 0. The summed E-state index contributed by atoms with van der Waals surface area (Å²) in [5.41, 5.74) is 2.32. The fourth-order valence-corrected chi connectivity index (χ4v) is 3.96. The van der Waals surface area contributed by atoms with Crippen LogP contribution in [0.4, 0.5) is 14.7 Å². The lowest BCUT2D eigenvalue weighted by Gasteiger charge is -2.28. The number of carbonyl (C=O) groups excluding carboxylic acids is 1. The van der Waals surface area contributed by atoms with Gasteiger partial charge in [0.15, 0.2) is 0 Å². The van der Waals surface area contributed by atoms with Gasteiger partial charge in [-0.05, 0) is 50.2 Å². The Morgan fingerprint density at radius 3 is 2.82 bits per heavy atom. The molecule has 0 spiro atoms. The molecule has 1 aliphatic carbocycles. The fraction of sp³-hybridized carbons (Fsp3) is 0.476. The van der Waals surface area contributed by atoms with Gasteiger partial charge in [-0.3, -0.25) is 4.79 Å². The number of amides is 1. The number of hydrogen-bond acceptors (Lipinski definition) is 4.